The molecule has 0 radical (unpaired) electrons. The molecule has 25 heavy (non-hydrogen) atoms. The Balaban J connectivity index is 1.74. The second kappa shape index (κ2) is 9.72. The second-order valence-corrected chi connectivity index (χ2v) is 6.55. The number of carbonyl (C=O) groups is 1. The first-order valence-electron chi connectivity index (χ1n) is 7.84. The van der Waals surface area contributed by atoms with Gasteiger partial charge in [0.05, 0.1) is 18.6 Å². The maximum absolute atomic E-state index is 11.0. The number of nitrogens with zero attached hydrogens (tertiary/aromatic N) is 1. The van der Waals surface area contributed by atoms with Gasteiger partial charge < -0.3 is 15.2 Å². The van der Waals surface area contributed by atoms with E-state index in [4.69, 9.17) is 10.00 Å². The molecule has 2 aromatic rings. The van der Waals surface area contributed by atoms with Crippen molar-refractivity contribution in [3.05, 3.63) is 54.1 Å². The Morgan fingerprint density at radius 3 is 2.52 bits per heavy atom. The molecule has 0 fully saturated rings. The molecule has 5 nitrogen and oxygen atoms in total. The normalized spacial score (nSPS) is 11.4. The maximum Gasteiger partial charge on any atom is 0.221 e. The number of carbonyl (C=O) groups excluding carboxylic acids is 1. The maximum atomic E-state index is 11.0. The van der Waals surface area contributed by atoms with Gasteiger partial charge in [0.2, 0.25) is 5.91 Å². The average Bonchev–Trinajstić information content (AvgIpc) is 2.60. The van der Waals surface area contributed by atoms with Crippen LogP contribution >= 0.6 is 11.8 Å². The lowest BCUT2D eigenvalue weighted by atomic mass is 10.2. The summed E-state index contributed by atoms with van der Waals surface area (Å²) in [5.41, 5.74) is 1.69. The van der Waals surface area contributed by atoms with Gasteiger partial charge in [-0.1, -0.05) is 12.1 Å². The number of amides is 1. The third-order valence-corrected chi connectivity index (χ3v) is 4.42. The highest BCUT2D eigenvalue weighted by Crippen LogP contribution is 2.21. The predicted molar refractivity (Wildman–Crippen MR) is 98.7 cm³/mol. The Morgan fingerprint density at radius 2 is 1.92 bits per heavy atom. The molecule has 0 spiro atoms. The SMILES string of the molecule is CC(=O)Nc1ccc(SC[C@@H](O)COc2ccc(CC#N)cc2)cc1. The molecule has 0 bridgehead atoms. The van der Waals surface area contributed by atoms with E-state index in [1.165, 1.54) is 18.7 Å². The number of rotatable bonds is 8. The molecule has 0 saturated heterocycles. The molecular weight excluding hydrogens is 336 g/mol. The Hall–Kier alpha value is -2.49. The number of aliphatic hydroxyl groups excluding tert-OH is 1. The molecule has 2 rings (SSSR count). The van der Waals surface area contributed by atoms with Gasteiger partial charge in [0.1, 0.15) is 12.4 Å². The van der Waals surface area contributed by atoms with Crippen LogP contribution in [0.1, 0.15) is 12.5 Å². The van der Waals surface area contributed by atoms with E-state index in [2.05, 4.69) is 11.4 Å². The summed E-state index contributed by atoms with van der Waals surface area (Å²) in [6.45, 7) is 1.67. The number of nitrogens with one attached hydrogen (secondary N) is 1. The van der Waals surface area contributed by atoms with Crippen molar-refractivity contribution in [2.24, 2.45) is 0 Å². The van der Waals surface area contributed by atoms with Gasteiger partial charge in [-0.25, -0.2) is 0 Å². The van der Waals surface area contributed by atoms with Crippen LogP contribution in [0.2, 0.25) is 0 Å². The zero-order valence-electron chi connectivity index (χ0n) is 13.9. The Labute approximate surface area is 151 Å². The highest BCUT2D eigenvalue weighted by atomic mass is 32.2. The summed E-state index contributed by atoms with van der Waals surface area (Å²) in [6.07, 6.45) is -0.223. The predicted octanol–water partition coefficient (Wildman–Crippen LogP) is 3.24. The largest absolute Gasteiger partial charge is 0.491 e. The van der Waals surface area contributed by atoms with Crippen LogP contribution in [0, 0.1) is 11.3 Å². The summed E-state index contributed by atoms with van der Waals surface area (Å²) in [4.78, 5) is 12.0. The van der Waals surface area contributed by atoms with E-state index in [1.54, 1.807) is 12.1 Å². The van der Waals surface area contributed by atoms with Crippen molar-refractivity contribution in [1.82, 2.24) is 0 Å². The average molecular weight is 356 g/mol. The standard InChI is InChI=1S/C19H20N2O3S/c1-14(22)21-16-4-8-19(9-5-16)25-13-17(23)12-24-18-6-2-15(3-7-18)10-11-20/h2-9,17,23H,10,12-13H2,1H3,(H,21,22)/t17-/m0/s1. The number of hydrogen-bond acceptors (Lipinski definition) is 5. The van der Waals surface area contributed by atoms with Crippen molar-refractivity contribution in [2.45, 2.75) is 24.3 Å². The van der Waals surface area contributed by atoms with Gasteiger partial charge in [0.25, 0.3) is 0 Å². The van der Waals surface area contributed by atoms with Crippen LogP contribution in [0.3, 0.4) is 0 Å². The van der Waals surface area contributed by atoms with E-state index in [-0.39, 0.29) is 12.5 Å². The topological polar surface area (TPSA) is 82.3 Å². The number of nitriles is 1. The minimum Gasteiger partial charge on any atom is -0.491 e. The Morgan fingerprint density at radius 1 is 1.24 bits per heavy atom. The molecule has 0 aromatic heterocycles. The molecule has 0 saturated carbocycles. The van der Waals surface area contributed by atoms with Gasteiger partial charge in [-0.05, 0) is 42.0 Å². The van der Waals surface area contributed by atoms with E-state index in [0.29, 0.717) is 17.9 Å². The van der Waals surface area contributed by atoms with Crippen molar-refractivity contribution >= 4 is 23.4 Å². The molecule has 0 aliphatic carbocycles. The van der Waals surface area contributed by atoms with E-state index in [0.717, 1.165) is 16.1 Å². The molecule has 0 aliphatic rings. The lowest BCUT2D eigenvalue weighted by Gasteiger charge is -2.12. The van der Waals surface area contributed by atoms with E-state index in [1.807, 2.05) is 36.4 Å². The first-order chi connectivity index (χ1) is 12.1. The summed E-state index contributed by atoms with van der Waals surface area (Å²) in [5.74, 6) is 1.07. The van der Waals surface area contributed by atoms with Crippen molar-refractivity contribution < 1.29 is 14.6 Å². The van der Waals surface area contributed by atoms with Gasteiger partial charge in [0, 0.05) is 23.3 Å². The number of hydrogen-bond donors (Lipinski definition) is 2. The van der Waals surface area contributed by atoms with E-state index < -0.39 is 6.10 Å². The minimum absolute atomic E-state index is 0.103. The van der Waals surface area contributed by atoms with Gasteiger partial charge in [-0.3, -0.25) is 4.79 Å². The van der Waals surface area contributed by atoms with Crippen molar-refractivity contribution in [2.75, 3.05) is 17.7 Å². The highest BCUT2D eigenvalue weighted by molar-refractivity contribution is 7.99. The van der Waals surface area contributed by atoms with Crippen LogP contribution in [-0.2, 0) is 11.2 Å². The first kappa shape index (κ1) is 18.8. The van der Waals surface area contributed by atoms with Gasteiger partial charge >= 0.3 is 0 Å². The third-order valence-electron chi connectivity index (χ3n) is 3.27. The lowest BCUT2D eigenvalue weighted by molar-refractivity contribution is -0.114. The fraction of sp³-hybridized carbons (Fsp3) is 0.263. The van der Waals surface area contributed by atoms with Crippen molar-refractivity contribution in [3.8, 4) is 11.8 Å². The summed E-state index contributed by atoms with van der Waals surface area (Å²) >= 11 is 1.52. The molecule has 1 amide bonds. The number of benzene rings is 2. The Bertz CT molecular complexity index is 724. The van der Waals surface area contributed by atoms with Crippen molar-refractivity contribution in [1.29, 1.82) is 5.26 Å². The lowest BCUT2D eigenvalue weighted by Crippen LogP contribution is -2.20. The summed E-state index contributed by atoms with van der Waals surface area (Å²) in [6, 6.07) is 16.8. The minimum atomic E-state index is -0.598. The second-order valence-electron chi connectivity index (χ2n) is 5.46. The molecule has 0 unspecified atom stereocenters. The van der Waals surface area contributed by atoms with E-state index >= 15 is 0 Å². The highest BCUT2D eigenvalue weighted by Gasteiger charge is 2.07. The molecule has 2 aromatic carbocycles. The fourth-order valence-electron chi connectivity index (χ4n) is 2.07. The number of aliphatic hydroxyl groups is 1. The smallest absolute Gasteiger partial charge is 0.221 e. The van der Waals surface area contributed by atoms with Crippen LogP contribution in [0.5, 0.6) is 5.75 Å². The quantitative estimate of drug-likeness (QED) is 0.710. The molecule has 0 heterocycles. The molecule has 2 N–H and O–H groups in total. The number of ether oxygens (including phenoxy) is 1. The monoisotopic (exact) mass is 356 g/mol. The summed E-state index contributed by atoms with van der Waals surface area (Å²) < 4.78 is 5.56. The third kappa shape index (κ3) is 6.87. The number of anilines is 1. The van der Waals surface area contributed by atoms with Crippen LogP contribution < -0.4 is 10.1 Å². The first-order valence-corrected chi connectivity index (χ1v) is 8.82. The van der Waals surface area contributed by atoms with Crippen molar-refractivity contribution in [3.63, 3.8) is 0 Å². The van der Waals surface area contributed by atoms with Crippen LogP contribution in [0.4, 0.5) is 5.69 Å². The molecule has 6 heteroatoms. The molecule has 1 atom stereocenters. The zero-order valence-corrected chi connectivity index (χ0v) is 14.8. The number of thioether (sulfide) groups is 1. The molecule has 130 valence electrons. The zero-order chi connectivity index (χ0) is 18.1. The molecular formula is C19H20N2O3S. The van der Waals surface area contributed by atoms with Gasteiger partial charge in [-0.15, -0.1) is 11.8 Å². The van der Waals surface area contributed by atoms with Crippen LogP contribution in [0.25, 0.3) is 0 Å². The van der Waals surface area contributed by atoms with Crippen LogP contribution in [-0.4, -0.2) is 29.5 Å². The van der Waals surface area contributed by atoms with E-state index in [9.17, 15) is 9.90 Å². The summed E-state index contributed by atoms with van der Waals surface area (Å²) in [5, 5.41) is 21.4. The fourth-order valence-corrected chi connectivity index (χ4v) is 2.88. The molecule has 0 aliphatic heterocycles. The van der Waals surface area contributed by atoms with Gasteiger partial charge in [-0.2, -0.15) is 5.26 Å². The summed E-state index contributed by atoms with van der Waals surface area (Å²) in [7, 11) is 0. The van der Waals surface area contributed by atoms with Crippen LogP contribution in [0.15, 0.2) is 53.4 Å². The Kier molecular flexibility index (Phi) is 7.33. The van der Waals surface area contributed by atoms with Gasteiger partial charge in [0.15, 0.2) is 0 Å².